The zero-order valence-corrected chi connectivity index (χ0v) is 8.36. The van der Waals surface area contributed by atoms with Crippen LogP contribution < -0.4 is 4.74 Å². The number of hydrogen-bond acceptors (Lipinski definition) is 3. The molecule has 3 nitrogen and oxygen atoms in total. The van der Waals surface area contributed by atoms with Gasteiger partial charge in [-0.1, -0.05) is 18.2 Å². The van der Waals surface area contributed by atoms with Crippen LogP contribution in [0.4, 0.5) is 0 Å². The van der Waals surface area contributed by atoms with Crippen molar-refractivity contribution in [2.45, 2.75) is 25.9 Å². The second kappa shape index (κ2) is 4.24. The lowest BCUT2D eigenvalue weighted by Crippen LogP contribution is -2.25. The summed E-state index contributed by atoms with van der Waals surface area (Å²) in [7, 11) is 0. The number of carbonyl (C=O) groups is 1. The second-order valence-corrected chi connectivity index (χ2v) is 3.78. The normalized spacial score (nSPS) is 11.1. The van der Waals surface area contributed by atoms with E-state index in [1.54, 1.807) is 38.1 Å². The van der Waals surface area contributed by atoms with Crippen LogP contribution in [0.15, 0.2) is 30.3 Å². The molecule has 0 amide bonds. The Kier molecular flexibility index (Phi) is 3.25. The topological polar surface area (TPSA) is 46.5 Å². The van der Waals surface area contributed by atoms with Crippen LogP contribution in [-0.2, 0) is 4.79 Å². The quantitative estimate of drug-likeness (QED) is 0.589. The molecule has 0 saturated heterocycles. The van der Waals surface area contributed by atoms with Gasteiger partial charge >= 0.3 is 5.97 Å². The Morgan fingerprint density at radius 3 is 2.43 bits per heavy atom. The molecule has 14 heavy (non-hydrogen) atoms. The van der Waals surface area contributed by atoms with E-state index in [9.17, 15) is 9.90 Å². The van der Waals surface area contributed by atoms with Gasteiger partial charge < -0.3 is 9.84 Å². The average molecular weight is 194 g/mol. The van der Waals surface area contributed by atoms with Crippen molar-refractivity contribution in [3.63, 3.8) is 0 Å². The van der Waals surface area contributed by atoms with E-state index in [-0.39, 0.29) is 6.42 Å². The molecule has 1 aromatic carbocycles. The molecule has 0 bridgehead atoms. The number of aliphatic hydroxyl groups is 1. The predicted molar refractivity (Wildman–Crippen MR) is 53.0 cm³/mol. The number of para-hydroxylation sites is 1. The van der Waals surface area contributed by atoms with E-state index in [2.05, 4.69) is 0 Å². The van der Waals surface area contributed by atoms with Gasteiger partial charge in [-0.2, -0.15) is 0 Å². The summed E-state index contributed by atoms with van der Waals surface area (Å²) >= 11 is 0. The number of ether oxygens (including phenoxy) is 1. The lowest BCUT2D eigenvalue weighted by Gasteiger charge is -2.15. The largest absolute Gasteiger partial charge is 0.426 e. The smallest absolute Gasteiger partial charge is 0.314 e. The van der Waals surface area contributed by atoms with Crippen molar-refractivity contribution in [1.82, 2.24) is 0 Å². The van der Waals surface area contributed by atoms with Crippen LogP contribution in [0.2, 0.25) is 0 Å². The molecule has 1 N–H and O–H groups in total. The van der Waals surface area contributed by atoms with Gasteiger partial charge in [-0.05, 0) is 26.0 Å². The molecule has 1 rings (SSSR count). The Labute approximate surface area is 83.3 Å². The van der Waals surface area contributed by atoms with Crippen molar-refractivity contribution in [3.05, 3.63) is 30.3 Å². The molecule has 0 aromatic heterocycles. The molecule has 0 fully saturated rings. The minimum Gasteiger partial charge on any atom is -0.426 e. The molecule has 0 spiro atoms. The zero-order valence-electron chi connectivity index (χ0n) is 8.36. The van der Waals surface area contributed by atoms with Gasteiger partial charge in [-0.15, -0.1) is 0 Å². The first kappa shape index (κ1) is 10.7. The average Bonchev–Trinajstić information content (AvgIpc) is 2.02. The molecule has 1 aromatic rings. The maximum Gasteiger partial charge on any atom is 0.314 e. The minimum absolute atomic E-state index is 0.0120. The van der Waals surface area contributed by atoms with Gasteiger partial charge in [0.25, 0.3) is 0 Å². The Morgan fingerprint density at radius 1 is 1.36 bits per heavy atom. The van der Waals surface area contributed by atoms with Gasteiger partial charge in [0.2, 0.25) is 0 Å². The van der Waals surface area contributed by atoms with Crippen LogP contribution in [0.5, 0.6) is 5.75 Å². The second-order valence-electron chi connectivity index (χ2n) is 3.78. The fourth-order valence-corrected chi connectivity index (χ4v) is 1.01. The number of benzene rings is 1. The van der Waals surface area contributed by atoms with Gasteiger partial charge in [0.1, 0.15) is 5.75 Å². The molecule has 0 aliphatic heterocycles. The Morgan fingerprint density at radius 2 is 1.93 bits per heavy atom. The third kappa shape index (κ3) is 4.05. The molecule has 76 valence electrons. The van der Waals surface area contributed by atoms with Crippen molar-refractivity contribution in [3.8, 4) is 5.75 Å². The molecule has 0 radical (unpaired) electrons. The van der Waals surface area contributed by atoms with Crippen LogP contribution in [0, 0.1) is 0 Å². The molecule has 0 saturated carbocycles. The Hall–Kier alpha value is -1.35. The molecule has 0 aliphatic carbocycles. The first-order valence-corrected chi connectivity index (χ1v) is 4.45. The summed E-state index contributed by atoms with van der Waals surface area (Å²) in [6, 6.07) is 8.80. The third-order valence-electron chi connectivity index (χ3n) is 1.55. The maximum absolute atomic E-state index is 11.2. The van der Waals surface area contributed by atoms with Crippen molar-refractivity contribution in [2.24, 2.45) is 0 Å². The van der Waals surface area contributed by atoms with Crippen LogP contribution in [-0.4, -0.2) is 16.7 Å². The van der Waals surface area contributed by atoms with Crippen LogP contribution in [0.1, 0.15) is 20.3 Å². The highest BCUT2D eigenvalue weighted by atomic mass is 16.5. The van der Waals surface area contributed by atoms with E-state index in [1.807, 2.05) is 6.07 Å². The fourth-order valence-electron chi connectivity index (χ4n) is 1.01. The van der Waals surface area contributed by atoms with Gasteiger partial charge in [0.05, 0.1) is 12.0 Å². The zero-order chi connectivity index (χ0) is 10.6. The van der Waals surface area contributed by atoms with Crippen molar-refractivity contribution in [1.29, 1.82) is 0 Å². The van der Waals surface area contributed by atoms with Gasteiger partial charge in [-0.3, -0.25) is 4.79 Å². The van der Waals surface area contributed by atoms with Crippen molar-refractivity contribution in [2.75, 3.05) is 0 Å². The van der Waals surface area contributed by atoms with Crippen LogP contribution in [0.25, 0.3) is 0 Å². The number of rotatable bonds is 3. The molecule has 0 aliphatic rings. The first-order chi connectivity index (χ1) is 6.47. The molecule has 0 atom stereocenters. The molecular weight excluding hydrogens is 180 g/mol. The van der Waals surface area contributed by atoms with E-state index in [0.29, 0.717) is 5.75 Å². The molecular formula is C11H14O3. The van der Waals surface area contributed by atoms with Crippen LogP contribution in [0.3, 0.4) is 0 Å². The van der Waals surface area contributed by atoms with Gasteiger partial charge in [-0.25, -0.2) is 0 Å². The highest BCUT2D eigenvalue weighted by molar-refractivity contribution is 5.73. The standard InChI is InChI=1S/C11H14O3/c1-11(2,13)8-10(12)14-9-6-4-3-5-7-9/h3-7,13H,8H2,1-2H3. The van der Waals surface area contributed by atoms with E-state index >= 15 is 0 Å². The van der Waals surface area contributed by atoms with E-state index in [0.717, 1.165) is 0 Å². The molecule has 3 heteroatoms. The van der Waals surface area contributed by atoms with Crippen molar-refractivity contribution >= 4 is 5.97 Å². The maximum atomic E-state index is 11.2. The Balaban J connectivity index is 2.50. The summed E-state index contributed by atoms with van der Waals surface area (Å²) in [5.74, 6) is 0.0745. The molecule has 0 heterocycles. The monoisotopic (exact) mass is 194 g/mol. The summed E-state index contributed by atoms with van der Waals surface area (Å²) in [6.45, 7) is 3.14. The van der Waals surface area contributed by atoms with Gasteiger partial charge in [0, 0.05) is 0 Å². The number of esters is 1. The Bertz CT molecular complexity index is 298. The van der Waals surface area contributed by atoms with E-state index < -0.39 is 11.6 Å². The number of hydrogen-bond donors (Lipinski definition) is 1. The predicted octanol–water partition coefficient (Wildman–Crippen LogP) is 1.75. The highest BCUT2D eigenvalue weighted by Gasteiger charge is 2.19. The summed E-state index contributed by atoms with van der Waals surface area (Å²) in [5, 5.41) is 9.37. The van der Waals surface area contributed by atoms with E-state index in [1.165, 1.54) is 0 Å². The lowest BCUT2D eigenvalue weighted by atomic mass is 10.1. The third-order valence-corrected chi connectivity index (χ3v) is 1.55. The lowest BCUT2D eigenvalue weighted by molar-refractivity contribution is -0.138. The fraction of sp³-hybridized carbons (Fsp3) is 0.364. The van der Waals surface area contributed by atoms with Gasteiger partial charge in [0.15, 0.2) is 0 Å². The summed E-state index contributed by atoms with van der Waals surface area (Å²) in [4.78, 5) is 11.2. The highest BCUT2D eigenvalue weighted by Crippen LogP contribution is 2.13. The van der Waals surface area contributed by atoms with E-state index in [4.69, 9.17) is 4.74 Å². The van der Waals surface area contributed by atoms with Crippen LogP contribution >= 0.6 is 0 Å². The summed E-state index contributed by atoms with van der Waals surface area (Å²) < 4.78 is 4.99. The minimum atomic E-state index is -1.02. The number of carbonyl (C=O) groups excluding carboxylic acids is 1. The SMILES string of the molecule is CC(C)(O)CC(=O)Oc1ccccc1. The first-order valence-electron chi connectivity index (χ1n) is 4.45. The molecule has 0 unspecified atom stereocenters. The summed E-state index contributed by atoms with van der Waals surface area (Å²) in [6.07, 6.45) is -0.0120. The summed E-state index contributed by atoms with van der Waals surface area (Å²) in [5.41, 5.74) is -1.02. The van der Waals surface area contributed by atoms with Crippen molar-refractivity contribution < 1.29 is 14.6 Å².